The van der Waals surface area contributed by atoms with Crippen molar-refractivity contribution in [3.8, 4) is 0 Å². The Hall–Kier alpha value is -0.533. The molecule has 0 spiro atoms. The van der Waals surface area contributed by atoms with Crippen molar-refractivity contribution in [1.29, 1.82) is 0 Å². The largest absolute Gasteiger partial charge is 1.00 e. The molecule has 1 aliphatic rings. The number of Topliss-reactive ketones (excluding diaryl/α,β-unsaturated/α-hetero) is 1. The van der Waals surface area contributed by atoms with Crippen LogP contribution in [0.4, 0.5) is 0 Å². The van der Waals surface area contributed by atoms with Gasteiger partial charge in [0.25, 0.3) is 0 Å². The summed E-state index contributed by atoms with van der Waals surface area (Å²) in [4.78, 5) is 17.5. The molecule has 0 aliphatic heterocycles. The summed E-state index contributed by atoms with van der Waals surface area (Å²) >= 11 is 0. The van der Waals surface area contributed by atoms with Crippen molar-refractivity contribution in [3.63, 3.8) is 0 Å². The quantitative estimate of drug-likeness (QED) is 0.319. The Morgan fingerprint density at radius 2 is 2.15 bits per heavy atom. The minimum absolute atomic E-state index is 0. The minimum atomic E-state index is -0.180. The molecule has 4 nitrogen and oxygen atoms in total. The van der Waals surface area contributed by atoms with Gasteiger partial charge < -0.3 is 5.73 Å². The van der Waals surface area contributed by atoms with Crippen molar-refractivity contribution in [3.05, 3.63) is 29.7 Å². The predicted molar refractivity (Wildman–Crippen MR) is 77.4 cm³/mol. The van der Waals surface area contributed by atoms with Gasteiger partial charge in [0.1, 0.15) is 0 Å². The molecule has 1 aliphatic carbocycles. The van der Waals surface area contributed by atoms with Gasteiger partial charge in [0.05, 0.1) is 12.6 Å². The first-order valence-corrected chi connectivity index (χ1v) is 6.87. The molecule has 1 rings (SSSR count). The summed E-state index contributed by atoms with van der Waals surface area (Å²) < 4.78 is 0. The number of ketones is 1. The molecule has 1 unspecified atom stereocenters. The van der Waals surface area contributed by atoms with Crippen molar-refractivity contribution in [2.45, 2.75) is 52.5 Å². The second-order valence-electron chi connectivity index (χ2n) is 5.89. The normalized spacial score (nSPS) is 19.4. The van der Waals surface area contributed by atoms with E-state index in [0.717, 1.165) is 12.8 Å². The molecule has 108 valence electrons. The van der Waals surface area contributed by atoms with Crippen molar-refractivity contribution in [1.82, 2.24) is 5.48 Å². The van der Waals surface area contributed by atoms with E-state index in [4.69, 9.17) is 10.6 Å². The number of hydrogen-bond donors (Lipinski definition) is 1. The van der Waals surface area contributed by atoms with Gasteiger partial charge in [-0.25, -0.2) is 0 Å². The molecule has 0 bridgehead atoms. The van der Waals surface area contributed by atoms with Crippen molar-refractivity contribution in [2.75, 3.05) is 6.61 Å². The summed E-state index contributed by atoms with van der Waals surface area (Å²) in [6.45, 7) is 10.1. The van der Waals surface area contributed by atoms with E-state index in [0.29, 0.717) is 30.7 Å². The van der Waals surface area contributed by atoms with Crippen LogP contribution in [-0.4, -0.2) is 18.4 Å². The third kappa shape index (κ3) is 5.46. The second-order valence-corrected chi connectivity index (χ2v) is 5.89. The van der Waals surface area contributed by atoms with E-state index < -0.39 is 0 Å². The van der Waals surface area contributed by atoms with Gasteiger partial charge in [0, 0.05) is 6.42 Å². The third-order valence-corrected chi connectivity index (χ3v) is 3.27. The van der Waals surface area contributed by atoms with Crippen molar-refractivity contribution < 1.29 is 28.5 Å². The summed E-state index contributed by atoms with van der Waals surface area (Å²) in [5.41, 5.74) is 12.0. The first-order chi connectivity index (χ1) is 8.91. The fourth-order valence-corrected chi connectivity index (χ4v) is 2.50. The molecule has 5 heteroatoms. The Morgan fingerprint density at radius 1 is 1.50 bits per heavy atom. The van der Waals surface area contributed by atoms with E-state index in [2.05, 4.69) is 19.0 Å². The Morgan fingerprint density at radius 3 is 2.65 bits per heavy atom. The fraction of sp³-hybridized carbons (Fsp3) is 0.667. The summed E-state index contributed by atoms with van der Waals surface area (Å²) in [6, 6.07) is -0.180. The van der Waals surface area contributed by atoms with Gasteiger partial charge in [-0.1, -0.05) is 33.3 Å². The Labute approximate surface area is 134 Å². The molecule has 0 heterocycles. The Balaban J connectivity index is 0.00000361. The first-order valence-electron chi connectivity index (χ1n) is 6.87. The Bertz CT molecular complexity index is 378. The zero-order chi connectivity index (χ0) is 14.5. The minimum Gasteiger partial charge on any atom is -0.702 e. The van der Waals surface area contributed by atoms with Crippen LogP contribution in [-0.2, 0) is 9.63 Å². The van der Waals surface area contributed by atoms with Crippen LogP contribution in [0, 0.1) is 5.41 Å². The zero-order valence-corrected chi connectivity index (χ0v) is 13.2. The Kier molecular flexibility index (Phi) is 8.46. The van der Waals surface area contributed by atoms with Gasteiger partial charge >= 0.3 is 18.9 Å². The molecule has 20 heavy (non-hydrogen) atoms. The molecule has 0 aromatic heterocycles. The molecule has 1 atom stereocenters. The smallest absolute Gasteiger partial charge is 0.702 e. The summed E-state index contributed by atoms with van der Waals surface area (Å²) in [7, 11) is 0. The monoisotopic (exact) mass is 272 g/mol. The van der Waals surface area contributed by atoms with Gasteiger partial charge in [-0.15, -0.1) is 6.58 Å². The molecule has 0 amide bonds. The van der Waals surface area contributed by atoms with Crippen LogP contribution in [0.3, 0.4) is 0 Å². The average Bonchev–Trinajstić information content (AvgIpc) is 2.26. The second kappa shape index (κ2) is 8.69. The predicted octanol–water partition coefficient (Wildman–Crippen LogP) is 0.562. The van der Waals surface area contributed by atoms with Crippen LogP contribution < -0.4 is 24.3 Å². The number of carbonyl (C=O) groups is 1. The SMILES string of the molecule is C=CCONC(CCC)C1=C([NH-])CC(C)(C)CC1=O.[Li+]. The van der Waals surface area contributed by atoms with E-state index in [1.165, 1.54) is 0 Å². The van der Waals surface area contributed by atoms with Gasteiger partial charge in [-0.3, -0.25) is 9.63 Å². The number of hydroxylamine groups is 1. The molecule has 0 fully saturated rings. The maximum atomic E-state index is 12.3. The third-order valence-electron chi connectivity index (χ3n) is 3.27. The number of allylic oxidation sites excluding steroid dienone is 1. The molecule has 2 N–H and O–H groups in total. The number of nitrogens with one attached hydrogen (secondary N) is 2. The maximum absolute atomic E-state index is 12.3. The van der Waals surface area contributed by atoms with Gasteiger partial charge in [0.2, 0.25) is 0 Å². The van der Waals surface area contributed by atoms with Crippen LogP contribution >= 0.6 is 0 Å². The van der Waals surface area contributed by atoms with E-state index >= 15 is 0 Å². The van der Waals surface area contributed by atoms with Crippen LogP contribution in [0.2, 0.25) is 0 Å². The van der Waals surface area contributed by atoms with Gasteiger partial charge in [-0.05, 0) is 23.8 Å². The fourth-order valence-electron chi connectivity index (χ4n) is 2.50. The van der Waals surface area contributed by atoms with E-state index in [-0.39, 0.29) is 36.1 Å². The molecule has 0 aromatic rings. The topological polar surface area (TPSA) is 62.1 Å². The van der Waals surface area contributed by atoms with E-state index in [1.807, 2.05) is 13.8 Å². The van der Waals surface area contributed by atoms with E-state index in [1.54, 1.807) is 6.08 Å². The van der Waals surface area contributed by atoms with Gasteiger partial charge in [-0.2, -0.15) is 11.2 Å². The number of carbonyl (C=O) groups excluding carboxylic acids is 1. The van der Waals surface area contributed by atoms with Gasteiger partial charge in [0.15, 0.2) is 5.78 Å². The summed E-state index contributed by atoms with van der Waals surface area (Å²) in [6.07, 6.45) is 4.53. The van der Waals surface area contributed by atoms with Crippen LogP contribution in [0.15, 0.2) is 23.9 Å². The molecule has 0 radical (unpaired) electrons. The molecule has 0 saturated carbocycles. The van der Waals surface area contributed by atoms with Crippen molar-refractivity contribution >= 4 is 5.78 Å². The summed E-state index contributed by atoms with van der Waals surface area (Å²) in [5, 5.41) is 0. The van der Waals surface area contributed by atoms with Crippen molar-refractivity contribution in [2.24, 2.45) is 5.41 Å². The van der Waals surface area contributed by atoms with Crippen LogP contribution in [0.1, 0.15) is 46.5 Å². The zero-order valence-electron chi connectivity index (χ0n) is 13.2. The molecule has 0 saturated heterocycles. The van der Waals surface area contributed by atoms with Crippen LogP contribution in [0.25, 0.3) is 5.73 Å². The standard InChI is InChI=1S/C15H26N2O2.Li/c1-5-7-12(17-19-8-6-2)14-11(16)9-15(3,4)10-13(14)18;/h6,12,17H,2,5,7-10H2,1,3-4H3,(H2,16,18);/q;+1/p-1. The molecule has 0 aromatic carbocycles. The number of rotatable bonds is 7. The first kappa shape index (κ1) is 19.5. The number of hydrogen-bond acceptors (Lipinski definition) is 3. The van der Waals surface area contributed by atoms with E-state index in [9.17, 15) is 4.79 Å². The van der Waals surface area contributed by atoms with Crippen LogP contribution in [0.5, 0.6) is 0 Å². The average molecular weight is 272 g/mol. The summed E-state index contributed by atoms with van der Waals surface area (Å²) in [5.74, 6) is 0.0782. The maximum Gasteiger partial charge on any atom is 1.00 e. The molecular weight excluding hydrogens is 247 g/mol. The molecular formula is C15H25LiN2O2.